The van der Waals surface area contributed by atoms with Crippen LogP contribution in [0.3, 0.4) is 0 Å². The Labute approximate surface area is 386 Å². The second kappa shape index (κ2) is 16.9. The van der Waals surface area contributed by atoms with Crippen molar-refractivity contribution in [1.82, 2.24) is 0 Å². The van der Waals surface area contributed by atoms with E-state index in [2.05, 4.69) is 34.6 Å². The van der Waals surface area contributed by atoms with E-state index in [4.69, 9.17) is 33.2 Å². The Morgan fingerprint density at radius 1 is 0.606 bits per heavy atom. The fourth-order valence-electron chi connectivity index (χ4n) is 16.3. The van der Waals surface area contributed by atoms with Gasteiger partial charge in [0.2, 0.25) is 0 Å². The number of rotatable bonds is 10. The summed E-state index contributed by atoms with van der Waals surface area (Å²) in [6.07, 6.45) is -17.7. The van der Waals surface area contributed by atoms with Crippen LogP contribution in [0, 0.1) is 44.8 Å². The zero-order valence-corrected chi connectivity index (χ0v) is 39.3. The maximum atomic E-state index is 12.3. The van der Waals surface area contributed by atoms with Gasteiger partial charge in [-0.05, 0) is 117 Å². The summed E-state index contributed by atoms with van der Waals surface area (Å²) in [6, 6.07) is 0. The van der Waals surface area contributed by atoms with Crippen molar-refractivity contribution in [2.75, 3.05) is 19.8 Å². The zero-order valence-electron chi connectivity index (χ0n) is 39.3. The second-order valence-electron chi connectivity index (χ2n) is 23.9. The maximum Gasteiger partial charge on any atom is 0.187 e. The highest BCUT2D eigenvalue weighted by Crippen LogP contribution is 2.89. The molecule has 9 fully saturated rings. The monoisotopic (exact) mass is 947 g/mol. The van der Waals surface area contributed by atoms with E-state index < -0.39 is 145 Å². The Kier molecular flexibility index (Phi) is 12.9. The molecule has 19 heteroatoms. The molecule has 0 aromatic rings. The summed E-state index contributed by atoms with van der Waals surface area (Å²) in [6.45, 7) is 12.6. The van der Waals surface area contributed by atoms with E-state index in [0.717, 1.165) is 19.3 Å². The molecule has 5 saturated carbocycles. The second-order valence-corrected chi connectivity index (χ2v) is 23.9. The predicted octanol–water partition coefficient (Wildman–Crippen LogP) is -1.45. The molecule has 9 aliphatic rings. The molecule has 380 valence electrons. The van der Waals surface area contributed by atoms with E-state index in [1.807, 2.05) is 0 Å². The van der Waals surface area contributed by atoms with Crippen molar-refractivity contribution in [3.05, 3.63) is 0 Å². The average molecular weight is 947 g/mol. The van der Waals surface area contributed by atoms with E-state index in [0.29, 0.717) is 38.5 Å². The van der Waals surface area contributed by atoms with Crippen LogP contribution in [0.1, 0.15) is 106 Å². The van der Waals surface area contributed by atoms with Gasteiger partial charge < -0.3 is 94.4 Å². The summed E-state index contributed by atoms with van der Waals surface area (Å²) < 4.78 is 44.3. The standard InChI is InChI=1S/C47H78O19/c1-41(2)26(64-40-35(32(56)30(54)24(17-49)63-40)65-38-33(57)28(52)21(51)18-60-38)9-11-47-19-46(47)13-12-43(5)36(45(7)10-8-27(66-45)42(3,4)59)20(50)15-44(43,6)25(46)14-22(37(41)47)61-39-34(58)31(55)29(53)23(16-48)62-39/h20-40,48-59H,8-19H2,1-7H3/t20-,21-,22-,23+,24+,25-,26-,27-,28-,29+,30+,31-,32-,33+,34+,35+,36-,37-,38-,39+,40-,43+,44-,45+,46-,47+/m0/s1. The van der Waals surface area contributed by atoms with Crippen molar-refractivity contribution in [1.29, 1.82) is 0 Å². The lowest BCUT2D eigenvalue weighted by atomic mass is 9.41. The van der Waals surface area contributed by atoms with Gasteiger partial charge >= 0.3 is 0 Å². The van der Waals surface area contributed by atoms with Crippen molar-refractivity contribution in [3.63, 3.8) is 0 Å². The normalized spacial score (nSPS) is 58.0. The van der Waals surface area contributed by atoms with E-state index >= 15 is 0 Å². The minimum atomic E-state index is -1.73. The van der Waals surface area contributed by atoms with Gasteiger partial charge in [-0.25, -0.2) is 0 Å². The van der Waals surface area contributed by atoms with Crippen LogP contribution >= 0.6 is 0 Å². The minimum Gasteiger partial charge on any atom is -0.394 e. The van der Waals surface area contributed by atoms with Crippen LogP contribution in [0.2, 0.25) is 0 Å². The molecule has 26 atom stereocenters. The summed E-state index contributed by atoms with van der Waals surface area (Å²) in [5, 5.41) is 130. The van der Waals surface area contributed by atoms with Crippen molar-refractivity contribution >= 4 is 0 Å². The lowest BCUT2D eigenvalue weighted by Crippen LogP contribution is -2.66. The fourth-order valence-corrected chi connectivity index (χ4v) is 16.3. The Morgan fingerprint density at radius 3 is 1.88 bits per heavy atom. The van der Waals surface area contributed by atoms with Crippen LogP contribution in [0.4, 0.5) is 0 Å². The lowest BCUT2D eigenvalue weighted by molar-refractivity contribution is -0.372. The Bertz CT molecular complexity index is 1770. The average Bonchev–Trinajstić information content (AvgIpc) is 3.61. The van der Waals surface area contributed by atoms with Gasteiger partial charge in [0.15, 0.2) is 18.9 Å². The SMILES string of the molecule is CC(C)(O)[C@@H]1CC[C@](C)([C@H]2[C@@H](O)C[C@@]3(C)[C@@H]4C[C@H](O[C@@H]5O[C@H](CO)[C@@H](O)[C@H](O)[C@H]5O)[C@H]5C(C)(C)[C@@H](O[C@@H]6O[C@H](CO)[C@@H](O)[C@H](O)[C@H]6O[C@@H]6OC[C@H](O)[C@H](O)[C@H]6O)CC[C@@]56C[C@@]46CC[C@]23C)O1. The van der Waals surface area contributed by atoms with Gasteiger partial charge in [-0.1, -0.05) is 27.7 Å². The quantitative estimate of drug-likeness (QED) is 0.112. The predicted molar refractivity (Wildman–Crippen MR) is 226 cm³/mol. The smallest absolute Gasteiger partial charge is 0.187 e. The number of hydrogen-bond acceptors (Lipinski definition) is 19. The van der Waals surface area contributed by atoms with Crippen molar-refractivity contribution in [2.45, 2.75) is 228 Å². The number of hydrogen-bond donors (Lipinski definition) is 12. The van der Waals surface area contributed by atoms with Crippen molar-refractivity contribution < 1.29 is 94.4 Å². The van der Waals surface area contributed by atoms with Gasteiger partial charge in [0, 0.05) is 5.92 Å². The van der Waals surface area contributed by atoms with E-state index in [1.165, 1.54) is 0 Å². The summed E-state index contributed by atoms with van der Waals surface area (Å²) in [5.41, 5.74) is -3.87. The van der Waals surface area contributed by atoms with Crippen LogP contribution in [-0.4, -0.2) is 203 Å². The maximum absolute atomic E-state index is 12.3. The lowest BCUT2D eigenvalue weighted by Gasteiger charge is -2.65. The van der Waals surface area contributed by atoms with Crippen LogP contribution in [0.25, 0.3) is 0 Å². The molecule has 0 radical (unpaired) electrons. The minimum absolute atomic E-state index is 0.00934. The Balaban J connectivity index is 1.05. The van der Waals surface area contributed by atoms with E-state index in [9.17, 15) is 61.3 Å². The summed E-state index contributed by atoms with van der Waals surface area (Å²) in [4.78, 5) is 0. The molecule has 4 saturated heterocycles. The van der Waals surface area contributed by atoms with E-state index in [1.54, 1.807) is 13.8 Å². The molecule has 0 unspecified atom stereocenters. The number of aliphatic hydroxyl groups is 12. The molecule has 5 aliphatic carbocycles. The summed E-state index contributed by atoms with van der Waals surface area (Å²) in [7, 11) is 0. The van der Waals surface area contributed by atoms with E-state index in [-0.39, 0.29) is 41.3 Å². The van der Waals surface area contributed by atoms with Gasteiger partial charge in [-0.15, -0.1) is 0 Å². The summed E-state index contributed by atoms with van der Waals surface area (Å²) in [5.74, 6) is -0.527. The molecule has 4 aliphatic heterocycles. The molecule has 2 spiro atoms. The first kappa shape index (κ1) is 50.2. The first-order chi connectivity index (χ1) is 30.7. The number of ether oxygens (including phenoxy) is 7. The number of fused-ring (bicyclic) bond motifs is 2. The Hall–Kier alpha value is -0.760. The van der Waals surface area contributed by atoms with Gasteiger partial charge in [-0.2, -0.15) is 0 Å². The molecule has 66 heavy (non-hydrogen) atoms. The summed E-state index contributed by atoms with van der Waals surface area (Å²) >= 11 is 0. The first-order valence-corrected chi connectivity index (χ1v) is 24.4. The molecule has 0 aromatic heterocycles. The molecule has 9 rings (SSSR count). The third kappa shape index (κ3) is 7.30. The molecule has 0 aromatic carbocycles. The van der Waals surface area contributed by atoms with Crippen LogP contribution < -0.4 is 0 Å². The van der Waals surface area contributed by atoms with Crippen molar-refractivity contribution in [3.8, 4) is 0 Å². The van der Waals surface area contributed by atoms with Crippen LogP contribution in [0.15, 0.2) is 0 Å². The third-order valence-corrected chi connectivity index (χ3v) is 19.7. The first-order valence-electron chi connectivity index (χ1n) is 24.4. The highest BCUT2D eigenvalue weighted by molar-refractivity contribution is 5.33. The zero-order chi connectivity index (χ0) is 48.1. The molecule has 12 N–H and O–H groups in total. The van der Waals surface area contributed by atoms with Gasteiger partial charge in [-0.3, -0.25) is 0 Å². The van der Waals surface area contributed by atoms with Crippen LogP contribution in [0.5, 0.6) is 0 Å². The molecule has 0 amide bonds. The molecule has 4 heterocycles. The molecule has 0 bridgehead atoms. The highest BCUT2D eigenvalue weighted by Gasteiger charge is 2.85. The van der Waals surface area contributed by atoms with Crippen LogP contribution in [-0.2, 0) is 33.2 Å². The molecule has 19 nitrogen and oxygen atoms in total. The van der Waals surface area contributed by atoms with Crippen molar-refractivity contribution in [2.24, 2.45) is 44.8 Å². The largest absolute Gasteiger partial charge is 0.394 e. The molecular formula is C47H78O19. The fraction of sp³-hybridized carbons (Fsp3) is 1.00. The van der Waals surface area contributed by atoms with Gasteiger partial charge in [0.1, 0.15) is 67.1 Å². The molecular weight excluding hydrogens is 868 g/mol. The third-order valence-electron chi connectivity index (χ3n) is 19.7. The van der Waals surface area contributed by atoms with Gasteiger partial charge in [0.05, 0.1) is 55.4 Å². The highest BCUT2D eigenvalue weighted by atomic mass is 16.8. The van der Waals surface area contributed by atoms with Gasteiger partial charge in [0.25, 0.3) is 0 Å². The topological polar surface area (TPSA) is 307 Å². The Morgan fingerprint density at radius 2 is 1.24 bits per heavy atom. The number of aliphatic hydroxyl groups excluding tert-OH is 11.